The lowest BCUT2D eigenvalue weighted by Crippen LogP contribution is -2.57. The van der Waals surface area contributed by atoms with Gasteiger partial charge in [0, 0.05) is 38.3 Å². The van der Waals surface area contributed by atoms with Crippen LogP contribution in [0.4, 0.5) is 18.0 Å². The van der Waals surface area contributed by atoms with Crippen molar-refractivity contribution in [2.45, 2.75) is 37.5 Å². The molecule has 0 saturated carbocycles. The molecule has 2 amide bonds. The maximum atomic E-state index is 12.6. The standard InChI is InChI=1S/C12H18F3N3O/c13-12(14,15)8-3-4-17(7-8)11(19)18-9-1-2-10(18)6-16-5-9/h8-10,16H,1-7H2. The third-order valence-electron chi connectivity index (χ3n) is 4.52. The zero-order chi connectivity index (χ0) is 13.6. The fourth-order valence-electron chi connectivity index (χ4n) is 3.46. The number of hydrogen-bond acceptors (Lipinski definition) is 2. The van der Waals surface area contributed by atoms with Gasteiger partial charge >= 0.3 is 12.2 Å². The topological polar surface area (TPSA) is 35.6 Å². The molecular formula is C12H18F3N3O. The van der Waals surface area contributed by atoms with Crippen LogP contribution in [-0.4, -0.2) is 60.3 Å². The van der Waals surface area contributed by atoms with Crippen molar-refractivity contribution in [3.05, 3.63) is 0 Å². The maximum Gasteiger partial charge on any atom is 0.393 e. The average molecular weight is 277 g/mol. The summed E-state index contributed by atoms with van der Waals surface area (Å²) in [6, 6.07) is 0.133. The van der Waals surface area contributed by atoms with E-state index in [2.05, 4.69) is 5.32 Å². The molecule has 3 unspecified atom stereocenters. The Hall–Kier alpha value is -0.980. The second kappa shape index (κ2) is 4.54. The van der Waals surface area contributed by atoms with Crippen LogP contribution in [0.3, 0.4) is 0 Å². The first-order chi connectivity index (χ1) is 8.97. The van der Waals surface area contributed by atoms with E-state index in [-0.39, 0.29) is 37.6 Å². The monoisotopic (exact) mass is 277 g/mol. The number of carbonyl (C=O) groups is 1. The lowest BCUT2D eigenvalue weighted by molar-refractivity contribution is -0.170. The number of rotatable bonds is 0. The Morgan fingerprint density at radius 2 is 1.74 bits per heavy atom. The molecule has 4 nitrogen and oxygen atoms in total. The van der Waals surface area contributed by atoms with E-state index in [4.69, 9.17) is 0 Å². The summed E-state index contributed by atoms with van der Waals surface area (Å²) in [7, 11) is 0. The molecule has 3 heterocycles. The third-order valence-corrected chi connectivity index (χ3v) is 4.52. The number of piperazine rings is 1. The lowest BCUT2D eigenvalue weighted by atomic mass is 10.1. The van der Waals surface area contributed by atoms with Crippen molar-refractivity contribution in [2.75, 3.05) is 26.2 Å². The van der Waals surface area contributed by atoms with Gasteiger partial charge in [0.15, 0.2) is 0 Å². The number of hydrogen-bond donors (Lipinski definition) is 1. The zero-order valence-electron chi connectivity index (χ0n) is 10.6. The van der Waals surface area contributed by atoms with Gasteiger partial charge in [0.2, 0.25) is 0 Å². The summed E-state index contributed by atoms with van der Waals surface area (Å²) in [5.41, 5.74) is 0. The molecule has 0 aromatic carbocycles. The van der Waals surface area contributed by atoms with E-state index < -0.39 is 12.1 Å². The van der Waals surface area contributed by atoms with Crippen LogP contribution in [0.1, 0.15) is 19.3 Å². The van der Waals surface area contributed by atoms with Crippen LogP contribution >= 0.6 is 0 Å². The van der Waals surface area contributed by atoms with Crippen LogP contribution < -0.4 is 5.32 Å². The molecule has 3 fully saturated rings. The molecule has 0 aromatic heterocycles. The van der Waals surface area contributed by atoms with Crippen molar-refractivity contribution >= 4 is 6.03 Å². The van der Waals surface area contributed by atoms with Gasteiger partial charge in [-0.15, -0.1) is 0 Å². The number of carbonyl (C=O) groups excluding carboxylic acids is 1. The molecule has 7 heteroatoms. The third kappa shape index (κ3) is 2.28. The molecule has 19 heavy (non-hydrogen) atoms. The van der Waals surface area contributed by atoms with Crippen LogP contribution in [0.5, 0.6) is 0 Å². The highest BCUT2D eigenvalue weighted by atomic mass is 19.4. The number of alkyl halides is 3. The molecule has 3 atom stereocenters. The summed E-state index contributed by atoms with van der Waals surface area (Å²) >= 11 is 0. The van der Waals surface area contributed by atoms with Crippen LogP contribution in [0, 0.1) is 5.92 Å². The molecule has 3 aliphatic rings. The Bertz CT molecular complexity index is 358. The number of urea groups is 1. The normalized spacial score (nSPS) is 35.0. The largest absolute Gasteiger partial charge is 0.393 e. The smallest absolute Gasteiger partial charge is 0.324 e. The minimum Gasteiger partial charge on any atom is -0.324 e. The summed E-state index contributed by atoms with van der Waals surface area (Å²) in [6.45, 7) is 1.58. The number of nitrogens with zero attached hydrogens (tertiary/aromatic N) is 2. The molecule has 3 aliphatic heterocycles. The minimum atomic E-state index is -4.18. The van der Waals surface area contributed by atoms with Crippen LogP contribution in [0.2, 0.25) is 0 Å². The predicted molar refractivity (Wildman–Crippen MR) is 62.6 cm³/mol. The van der Waals surface area contributed by atoms with Gasteiger partial charge in [0.05, 0.1) is 5.92 Å². The summed E-state index contributed by atoms with van der Waals surface area (Å²) in [5.74, 6) is -1.35. The van der Waals surface area contributed by atoms with Crippen LogP contribution in [0.15, 0.2) is 0 Å². The summed E-state index contributed by atoms with van der Waals surface area (Å²) in [4.78, 5) is 15.6. The van der Waals surface area contributed by atoms with Crippen molar-refractivity contribution in [3.8, 4) is 0 Å². The van der Waals surface area contributed by atoms with E-state index in [0.717, 1.165) is 25.9 Å². The van der Waals surface area contributed by atoms with E-state index in [1.54, 1.807) is 0 Å². The SMILES string of the molecule is O=C(N1CCC(C(F)(F)F)C1)N1C2CCC1CNC2. The quantitative estimate of drug-likeness (QED) is 0.727. The molecule has 0 radical (unpaired) electrons. The fourth-order valence-corrected chi connectivity index (χ4v) is 3.46. The average Bonchev–Trinajstić information content (AvgIpc) is 2.92. The Morgan fingerprint density at radius 3 is 2.26 bits per heavy atom. The highest BCUT2D eigenvalue weighted by Crippen LogP contribution is 2.35. The molecule has 3 rings (SSSR count). The van der Waals surface area contributed by atoms with Crippen LogP contribution in [0.25, 0.3) is 0 Å². The van der Waals surface area contributed by atoms with Gasteiger partial charge in [0.25, 0.3) is 0 Å². The number of amides is 2. The summed E-state index contributed by atoms with van der Waals surface area (Å²) in [5, 5.41) is 3.26. The van der Waals surface area contributed by atoms with Crippen molar-refractivity contribution in [3.63, 3.8) is 0 Å². The molecule has 2 bridgehead atoms. The Morgan fingerprint density at radius 1 is 1.11 bits per heavy atom. The van der Waals surface area contributed by atoms with Crippen LogP contribution in [-0.2, 0) is 0 Å². The summed E-state index contributed by atoms with van der Waals surface area (Å²) < 4.78 is 37.9. The van der Waals surface area contributed by atoms with Gasteiger partial charge in [0.1, 0.15) is 0 Å². The van der Waals surface area contributed by atoms with Crippen molar-refractivity contribution in [1.29, 1.82) is 0 Å². The molecule has 0 spiro atoms. The number of nitrogens with one attached hydrogen (secondary N) is 1. The first kappa shape index (κ1) is 13.0. The minimum absolute atomic E-state index is 0.0384. The van der Waals surface area contributed by atoms with E-state index in [1.165, 1.54) is 4.90 Å². The highest BCUT2D eigenvalue weighted by Gasteiger charge is 2.47. The Kier molecular flexibility index (Phi) is 3.11. The zero-order valence-corrected chi connectivity index (χ0v) is 10.6. The fraction of sp³-hybridized carbons (Fsp3) is 0.917. The molecule has 3 saturated heterocycles. The van der Waals surface area contributed by atoms with Crippen molar-refractivity contribution in [2.24, 2.45) is 5.92 Å². The first-order valence-electron chi connectivity index (χ1n) is 6.81. The second-order valence-electron chi connectivity index (χ2n) is 5.71. The predicted octanol–water partition coefficient (Wildman–Crippen LogP) is 1.43. The van der Waals surface area contributed by atoms with Gasteiger partial charge in [-0.25, -0.2) is 4.79 Å². The van der Waals surface area contributed by atoms with E-state index in [0.29, 0.717) is 0 Å². The van der Waals surface area contributed by atoms with Gasteiger partial charge in [-0.2, -0.15) is 13.2 Å². The van der Waals surface area contributed by atoms with Crippen molar-refractivity contribution < 1.29 is 18.0 Å². The van der Waals surface area contributed by atoms with E-state index >= 15 is 0 Å². The number of fused-ring (bicyclic) bond motifs is 2. The highest BCUT2D eigenvalue weighted by molar-refractivity contribution is 5.76. The lowest BCUT2D eigenvalue weighted by Gasteiger charge is -2.37. The van der Waals surface area contributed by atoms with Gasteiger partial charge in [-0.3, -0.25) is 0 Å². The van der Waals surface area contributed by atoms with Gasteiger partial charge in [-0.1, -0.05) is 0 Å². The van der Waals surface area contributed by atoms with E-state index in [9.17, 15) is 18.0 Å². The van der Waals surface area contributed by atoms with Gasteiger partial charge in [-0.05, 0) is 19.3 Å². The molecule has 0 aliphatic carbocycles. The Labute approximate surface area is 109 Å². The molecule has 0 aromatic rings. The maximum absolute atomic E-state index is 12.6. The molecule has 1 N–H and O–H groups in total. The Balaban J connectivity index is 1.66. The summed E-state index contributed by atoms with van der Waals surface area (Å²) in [6.07, 6.45) is -2.23. The van der Waals surface area contributed by atoms with E-state index in [1.807, 2.05) is 4.90 Å². The van der Waals surface area contributed by atoms with Crippen molar-refractivity contribution in [1.82, 2.24) is 15.1 Å². The second-order valence-corrected chi connectivity index (χ2v) is 5.71. The molecule has 108 valence electrons. The first-order valence-corrected chi connectivity index (χ1v) is 6.81. The number of likely N-dealkylation sites (tertiary alicyclic amines) is 1. The number of halogens is 3. The molecular weight excluding hydrogens is 259 g/mol. The van der Waals surface area contributed by atoms with Gasteiger partial charge < -0.3 is 15.1 Å².